The van der Waals surface area contributed by atoms with Crippen molar-refractivity contribution < 1.29 is 18.7 Å². The average Bonchev–Trinajstić information content (AvgIpc) is 3.17. The van der Waals surface area contributed by atoms with Crippen LogP contribution in [0, 0.1) is 5.41 Å². The van der Waals surface area contributed by atoms with E-state index in [0.29, 0.717) is 31.6 Å². The van der Waals surface area contributed by atoms with Crippen molar-refractivity contribution in [2.75, 3.05) is 20.3 Å². The first-order valence-electron chi connectivity index (χ1n) is 11.3. The van der Waals surface area contributed by atoms with Gasteiger partial charge in [-0.05, 0) is 21.8 Å². The third-order valence-electron chi connectivity index (χ3n) is 6.36. The standard InChI is InChI=1S/C27H36O4Si/c1-7-23(25(28)29-6)24-18-27(5,19-30-24)20-31-32(26(2,3)4,21-14-10-8-11-15-21)22-16-12-9-13-17-22/h8-17H,7,18-20H2,1-6H3/b24-23+. The topological polar surface area (TPSA) is 44.8 Å². The van der Waals surface area contributed by atoms with E-state index in [1.807, 2.05) is 6.92 Å². The van der Waals surface area contributed by atoms with E-state index in [4.69, 9.17) is 13.9 Å². The molecule has 1 unspecified atom stereocenters. The number of carbonyl (C=O) groups is 1. The second-order valence-corrected chi connectivity index (χ2v) is 14.3. The quantitative estimate of drug-likeness (QED) is 0.343. The number of methoxy groups -OCH3 is 1. The molecule has 1 heterocycles. The lowest BCUT2D eigenvalue weighted by atomic mass is 9.89. The van der Waals surface area contributed by atoms with Gasteiger partial charge >= 0.3 is 5.97 Å². The number of ether oxygens (including phenoxy) is 2. The molecule has 32 heavy (non-hydrogen) atoms. The summed E-state index contributed by atoms with van der Waals surface area (Å²) in [5.74, 6) is 0.438. The number of hydrogen-bond donors (Lipinski definition) is 0. The normalized spacial score (nSPS) is 20.6. The minimum absolute atomic E-state index is 0.0786. The minimum atomic E-state index is -2.61. The molecule has 0 amide bonds. The van der Waals surface area contributed by atoms with Gasteiger partial charge in [-0.15, -0.1) is 0 Å². The van der Waals surface area contributed by atoms with E-state index in [1.165, 1.54) is 17.5 Å². The van der Waals surface area contributed by atoms with Crippen LogP contribution in [0.4, 0.5) is 0 Å². The molecule has 1 aliphatic rings. The van der Waals surface area contributed by atoms with Gasteiger partial charge in [0.2, 0.25) is 0 Å². The molecule has 0 N–H and O–H groups in total. The third-order valence-corrected chi connectivity index (χ3v) is 11.3. The molecule has 2 aromatic rings. The van der Waals surface area contributed by atoms with Crippen molar-refractivity contribution in [2.45, 2.75) is 52.5 Å². The van der Waals surface area contributed by atoms with Gasteiger partial charge in [0.25, 0.3) is 8.32 Å². The fraction of sp³-hybridized carbons (Fsp3) is 0.444. The van der Waals surface area contributed by atoms with Crippen LogP contribution in [0.1, 0.15) is 47.5 Å². The summed E-state index contributed by atoms with van der Waals surface area (Å²) in [5, 5.41) is 2.45. The number of carbonyl (C=O) groups excluding carboxylic acids is 1. The minimum Gasteiger partial charge on any atom is -0.497 e. The maximum atomic E-state index is 12.2. The Morgan fingerprint density at radius 3 is 2.00 bits per heavy atom. The van der Waals surface area contributed by atoms with E-state index >= 15 is 0 Å². The Morgan fingerprint density at radius 1 is 1.03 bits per heavy atom. The maximum absolute atomic E-state index is 12.2. The SMILES string of the molecule is CC/C(C(=O)OC)=C1/CC(C)(CO[Si](c2ccccc2)(c2ccccc2)C(C)(C)C)CO1. The molecule has 1 aliphatic heterocycles. The Bertz CT molecular complexity index is 907. The van der Waals surface area contributed by atoms with Crippen molar-refractivity contribution in [1.29, 1.82) is 0 Å². The van der Waals surface area contributed by atoms with Crippen LogP contribution >= 0.6 is 0 Å². The monoisotopic (exact) mass is 452 g/mol. The van der Waals surface area contributed by atoms with Crippen LogP contribution in [-0.2, 0) is 18.7 Å². The molecule has 4 nitrogen and oxygen atoms in total. The molecule has 3 rings (SSSR count). The summed E-state index contributed by atoms with van der Waals surface area (Å²) < 4.78 is 18.1. The van der Waals surface area contributed by atoms with E-state index in [1.54, 1.807) is 0 Å². The van der Waals surface area contributed by atoms with Crippen LogP contribution < -0.4 is 10.4 Å². The Kier molecular flexibility index (Phi) is 7.31. The van der Waals surface area contributed by atoms with E-state index in [-0.39, 0.29) is 16.4 Å². The number of rotatable bonds is 7. The summed E-state index contributed by atoms with van der Waals surface area (Å²) in [6.07, 6.45) is 1.26. The summed E-state index contributed by atoms with van der Waals surface area (Å²) in [5.41, 5.74) is 0.415. The van der Waals surface area contributed by atoms with Crippen LogP contribution in [-0.4, -0.2) is 34.6 Å². The highest BCUT2D eigenvalue weighted by Gasteiger charge is 2.51. The van der Waals surface area contributed by atoms with Crippen molar-refractivity contribution in [3.63, 3.8) is 0 Å². The van der Waals surface area contributed by atoms with Crippen molar-refractivity contribution in [2.24, 2.45) is 5.41 Å². The number of hydrogen-bond acceptors (Lipinski definition) is 4. The van der Waals surface area contributed by atoms with Crippen LogP contribution in [0.5, 0.6) is 0 Å². The molecule has 0 spiro atoms. The predicted octanol–water partition coefficient (Wildman–Crippen LogP) is 4.83. The fourth-order valence-electron chi connectivity index (χ4n) is 4.66. The van der Waals surface area contributed by atoms with Crippen molar-refractivity contribution >= 4 is 24.7 Å². The molecule has 2 aromatic carbocycles. The lowest BCUT2D eigenvalue weighted by Crippen LogP contribution is -2.67. The molecule has 172 valence electrons. The summed E-state index contributed by atoms with van der Waals surface area (Å²) in [4.78, 5) is 12.2. The van der Waals surface area contributed by atoms with Gasteiger partial charge in [0, 0.05) is 18.4 Å². The van der Waals surface area contributed by atoms with Crippen LogP contribution in [0.3, 0.4) is 0 Å². The van der Waals surface area contributed by atoms with Crippen LogP contribution in [0.2, 0.25) is 5.04 Å². The third kappa shape index (κ3) is 4.69. The molecular weight excluding hydrogens is 416 g/mol. The Balaban J connectivity index is 1.99. The Labute approximate surface area is 193 Å². The molecule has 0 bridgehead atoms. The second kappa shape index (κ2) is 9.63. The predicted molar refractivity (Wildman–Crippen MR) is 132 cm³/mol. The lowest BCUT2D eigenvalue weighted by Gasteiger charge is -2.44. The fourth-order valence-corrected chi connectivity index (χ4v) is 9.38. The lowest BCUT2D eigenvalue weighted by molar-refractivity contribution is -0.136. The molecule has 1 atom stereocenters. The summed E-state index contributed by atoms with van der Waals surface area (Å²) >= 11 is 0. The maximum Gasteiger partial charge on any atom is 0.337 e. The van der Waals surface area contributed by atoms with Gasteiger partial charge in [-0.1, -0.05) is 95.3 Å². The summed E-state index contributed by atoms with van der Waals surface area (Å²) in [6.45, 7) is 12.1. The highest BCUT2D eigenvalue weighted by Crippen LogP contribution is 2.41. The first kappa shape index (κ1) is 24.3. The molecule has 1 fully saturated rings. The smallest absolute Gasteiger partial charge is 0.337 e. The summed E-state index contributed by atoms with van der Waals surface area (Å²) in [7, 11) is -1.20. The molecule has 5 heteroatoms. The van der Waals surface area contributed by atoms with Gasteiger partial charge < -0.3 is 13.9 Å². The molecule has 0 saturated carbocycles. The Hall–Kier alpha value is -2.37. The zero-order chi connectivity index (χ0) is 23.4. The van der Waals surface area contributed by atoms with Gasteiger partial charge in [0.05, 0.1) is 19.3 Å². The highest BCUT2D eigenvalue weighted by molar-refractivity contribution is 6.99. The summed E-state index contributed by atoms with van der Waals surface area (Å²) in [6, 6.07) is 21.3. The zero-order valence-corrected chi connectivity index (χ0v) is 21.2. The van der Waals surface area contributed by atoms with Gasteiger partial charge in [0.1, 0.15) is 5.76 Å². The van der Waals surface area contributed by atoms with Gasteiger partial charge in [-0.3, -0.25) is 0 Å². The average molecular weight is 453 g/mol. The number of benzene rings is 2. The van der Waals surface area contributed by atoms with E-state index in [9.17, 15) is 4.79 Å². The number of allylic oxidation sites excluding steroid dienone is 1. The van der Waals surface area contributed by atoms with E-state index in [2.05, 4.69) is 88.4 Å². The zero-order valence-electron chi connectivity index (χ0n) is 20.2. The highest BCUT2D eigenvalue weighted by atomic mass is 28.4. The van der Waals surface area contributed by atoms with Gasteiger partial charge in [-0.25, -0.2) is 4.79 Å². The molecular formula is C27H36O4Si. The first-order valence-corrected chi connectivity index (χ1v) is 13.3. The van der Waals surface area contributed by atoms with Gasteiger partial charge in [-0.2, -0.15) is 0 Å². The van der Waals surface area contributed by atoms with Gasteiger partial charge in [0.15, 0.2) is 0 Å². The van der Waals surface area contributed by atoms with Crippen LogP contribution in [0.15, 0.2) is 72.0 Å². The van der Waals surface area contributed by atoms with Crippen molar-refractivity contribution in [3.05, 3.63) is 72.0 Å². The van der Waals surface area contributed by atoms with E-state index < -0.39 is 8.32 Å². The molecule has 1 saturated heterocycles. The van der Waals surface area contributed by atoms with Crippen LogP contribution in [0.25, 0.3) is 0 Å². The molecule has 0 aromatic heterocycles. The second-order valence-electron chi connectivity index (χ2n) is 9.97. The largest absolute Gasteiger partial charge is 0.497 e. The molecule has 0 aliphatic carbocycles. The first-order chi connectivity index (χ1) is 15.2. The Morgan fingerprint density at radius 2 is 1.56 bits per heavy atom. The number of esters is 1. The van der Waals surface area contributed by atoms with E-state index in [0.717, 1.165) is 5.76 Å². The van der Waals surface area contributed by atoms with Crippen molar-refractivity contribution in [3.8, 4) is 0 Å². The molecule has 0 radical (unpaired) electrons. The van der Waals surface area contributed by atoms with Crippen molar-refractivity contribution in [1.82, 2.24) is 0 Å².